The fourth-order valence-corrected chi connectivity index (χ4v) is 5.61. The Morgan fingerprint density at radius 3 is 2.38 bits per heavy atom. The molecule has 210 valence electrons. The minimum atomic E-state index is -4.09. The van der Waals surface area contributed by atoms with E-state index >= 15 is 0 Å². The van der Waals surface area contributed by atoms with Crippen LogP contribution in [0.25, 0.3) is 0 Å². The van der Waals surface area contributed by atoms with E-state index in [1.165, 1.54) is 0 Å². The number of rotatable bonds is 16. The van der Waals surface area contributed by atoms with Crippen LogP contribution >= 0.6 is 23.2 Å². The highest BCUT2D eigenvalue weighted by atomic mass is 35.5. The van der Waals surface area contributed by atoms with E-state index in [0.717, 1.165) is 12.1 Å². The van der Waals surface area contributed by atoms with Crippen molar-refractivity contribution in [3.8, 4) is 5.75 Å². The minimum absolute atomic E-state index is 0.0110. The summed E-state index contributed by atoms with van der Waals surface area (Å²) in [5, 5.41) is 0.513. The number of fused-ring (bicyclic) bond motifs is 1. The number of anilines is 1. The predicted molar refractivity (Wildman–Crippen MR) is 149 cm³/mol. The number of allylic oxidation sites excluding steroid dienone is 2. The lowest BCUT2D eigenvalue weighted by Crippen LogP contribution is -2.35. The molecule has 0 aliphatic carbocycles. The number of alkyl halides is 1. The molecule has 9 nitrogen and oxygen atoms in total. The van der Waals surface area contributed by atoms with E-state index in [4.69, 9.17) is 37.0 Å². The number of ether oxygens (including phenoxy) is 1. The fourth-order valence-electron chi connectivity index (χ4n) is 4.17. The molecule has 2 N–H and O–H groups in total. The van der Waals surface area contributed by atoms with E-state index in [9.17, 15) is 16.8 Å². The van der Waals surface area contributed by atoms with Crippen molar-refractivity contribution in [3.05, 3.63) is 46.8 Å². The summed E-state index contributed by atoms with van der Waals surface area (Å²) in [5.74, 6) is 0.914. The largest absolute Gasteiger partial charge is 0.439 e. The second-order valence-corrected chi connectivity index (χ2v) is 12.7. The van der Waals surface area contributed by atoms with E-state index in [-0.39, 0.29) is 24.0 Å². The predicted octanol–water partition coefficient (Wildman–Crippen LogP) is 4.98. The Labute approximate surface area is 230 Å². The molecule has 1 aromatic carbocycles. The van der Waals surface area contributed by atoms with Gasteiger partial charge in [-0.25, -0.2) is 0 Å². The molecule has 0 aromatic heterocycles. The van der Waals surface area contributed by atoms with E-state index in [0.29, 0.717) is 67.0 Å². The molecule has 0 amide bonds. The van der Waals surface area contributed by atoms with Gasteiger partial charge < -0.3 is 9.64 Å². The van der Waals surface area contributed by atoms with Gasteiger partial charge in [0.15, 0.2) is 5.75 Å². The molecule has 1 atom stereocenters. The first-order valence-corrected chi connectivity index (χ1v) is 16.4. The van der Waals surface area contributed by atoms with Crippen LogP contribution in [-0.2, 0) is 20.2 Å². The van der Waals surface area contributed by atoms with Crippen molar-refractivity contribution in [1.29, 1.82) is 0 Å². The molecule has 0 bridgehead atoms. The maximum absolute atomic E-state index is 11.2. The van der Waals surface area contributed by atoms with Crippen LogP contribution in [0.3, 0.4) is 0 Å². The topological polar surface area (TPSA) is 124 Å². The van der Waals surface area contributed by atoms with E-state index < -0.39 is 20.2 Å². The smallest absolute Gasteiger partial charge is 0.264 e. The highest BCUT2D eigenvalue weighted by Crippen LogP contribution is 2.41. The van der Waals surface area contributed by atoms with E-state index in [2.05, 4.69) is 11.0 Å². The molecule has 1 heterocycles. The Bertz CT molecular complexity index is 1170. The Hall–Kier alpha value is -1.34. The van der Waals surface area contributed by atoms with Gasteiger partial charge in [0, 0.05) is 36.1 Å². The average molecular weight is 600 g/mol. The highest BCUT2D eigenvalue weighted by Gasteiger charge is 2.27. The van der Waals surface area contributed by atoms with Gasteiger partial charge in [-0.1, -0.05) is 37.9 Å². The first kappa shape index (κ1) is 31.9. The van der Waals surface area contributed by atoms with Gasteiger partial charge in [0.2, 0.25) is 5.88 Å². The molecule has 1 aliphatic heterocycles. The van der Waals surface area contributed by atoms with Crippen LogP contribution < -0.4 is 9.64 Å². The van der Waals surface area contributed by atoms with Gasteiger partial charge >= 0.3 is 0 Å². The zero-order valence-electron chi connectivity index (χ0n) is 21.1. The monoisotopic (exact) mass is 598 g/mol. The van der Waals surface area contributed by atoms with Crippen molar-refractivity contribution < 1.29 is 30.7 Å². The number of hydrogen-bond donors (Lipinski definition) is 2. The lowest BCUT2D eigenvalue weighted by molar-refractivity contribution is 0.241. The van der Waals surface area contributed by atoms with Gasteiger partial charge in [0.05, 0.1) is 17.2 Å². The van der Waals surface area contributed by atoms with Gasteiger partial charge in [-0.3, -0.25) is 14.0 Å². The average Bonchev–Trinajstić information content (AvgIpc) is 3.13. The summed E-state index contributed by atoms with van der Waals surface area (Å²) < 4.78 is 68.9. The molecule has 0 saturated carbocycles. The Morgan fingerprint density at radius 1 is 1.11 bits per heavy atom. The van der Waals surface area contributed by atoms with Crippen molar-refractivity contribution in [2.24, 2.45) is 0 Å². The number of halogens is 2. The normalized spacial score (nSPS) is 16.4. The third-order valence-electron chi connectivity index (χ3n) is 6.00. The molecule has 0 radical (unpaired) electrons. The van der Waals surface area contributed by atoms with Crippen LogP contribution in [0.1, 0.15) is 46.0 Å². The third-order valence-corrected chi connectivity index (χ3v) is 8.01. The molecule has 13 heteroatoms. The standard InChI is InChI=1S/C24H36Cl2N2O7S2/c1-3-19(16-21(27(4-2)13-11-25)8-5-6-14-36(29,30)31)17-24-28(12-7-15-37(32,33)34)22-18-20(26)9-10-23(22)35-24/h9-10,16-18,21H,3-8,11-15H2,1-2H3,(H,29,30,31)(H,32,33,34)/b19-16+,24-17-. The van der Waals surface area contributed by atoms with E-state index in [1.54, 1.807) is 18.2 Å². The Kier molecular flexibility index (Phi) is 12.7. The van der Waals surface area contributed by atoms with Gasteiger partial charge in [0.1, 0.15) is 0 Å². The second-order valence-electron chi connectivity index (χ2n) is 8.75. The minimum Gasteiger partial charge on any atom is -0.439 e. The number of benzene rings is 1. The van der Waals surface area contributed by atoms with Crippen LogP contribution in [0.2, 0.25) is 5.02 Å². The summed E-state index contributed by atoms with van der Waals surface area (Å²) in [6.45, 7) is 5.75. The Morgan fingerprint density at radius 2 is 1.78 bits per heavy atom. The molecule has 1 aromatic rings. The number of nitrogens with zero attached hydrogens (tertiary/aromatic N) is 2. The lowest BCUT2D eigenvalue weighted by atomic mass is 10.0. The molecular formula is C24H36Cl2N2O7S2. The molecule has 1 aliphatic rings. The third kappa shape index (κ3) is 11.1. The first-order chi connectivity index (χ1) is 17.4. The number of hydrogen-bond acceptors (Lipinski definition) is 7. The van der Waals surface area contributed by atoms with Gasteiger partial charge in [-0.15, -0.1) is 11.6 Å². The maximum Gasteiger partial charge on any atom is 0.264 e. The first-order valence-electron chi connectivity index (χ1n) is 12.2. The van der Waals surface area contributed by atoms with Crippen molar-refractivity contribution >= 4 is 49.1 Å². The summed E-state index contributed by atoms with van der Waals surface area (Å²) in [6.07, 6.45) is 6.53. The van der Waals surface area contributed by atoms with Crippen LogP contribution in [0.4, 0.5) is 5.69 Å². The van der Waals surface area contributed by atoms with Crippen molar-refractivity contribution in [2.75, 3.05) is 41.9 Å². The molecule has 0 spiro atoms. The molecule has 0 saturated heterocycles. The van der Waals surface area contributed by atoms with Crippen molar-refractivity contribution in [1.82, 2.24) is 4.90 Å². The van der Waals surface area contributed by atoms with Gasteiger partial charge in [0.25, 0.3) is 20.2 Å². The fraction of sp³-hybridized carbons (Fsp3) is 0.583. The van der Waals surface area contributed by atoms with E-state index in [1.807, 2.05) is 24.8 Å². The van der Waals surface area contributed by atoms with Crippen LogP contribution in [0, 0.1) is 0 Å². The summed E-state index contributed by atoms with van der Waals surface area (Å²) >= 11 is 12.2. The zero-order valence-corrected chi connectivity index (χ0v) is 24.3. The van der Waals surface area contributed by atoms with Crippen molar-refractivity contribution in [2.45, 2.75) is 52.0 Å². The van der Waals surface area contributed by atoms with Crippen LogP contribution in [0.15, 0.2) is 41.8 Å². The zero-order chi connectivity index (χ0) is 27.6. The molecule has 37 heavy (non-hydrogen) atoms. The molecule has 0 fully saturated rings. The summed E-state index contributed by atoms with van der Waals surface area (Å²) in [5.41, 5.74) is 1.69. The van der Waals surface area contributed by atoms with Gasteiger partial charge in [-0.05, 0) is 56.0 Å². The Balaban J connectivity index is 2.33. The summed E-state index contributed by atoms with van der Waals surface area (Å²) in [4.78, 5) is 4.05. The molecular weight excluding hydrogens is 563 g/mol. The number of unbranched alkanes of at least 4 members (excludes halogenated alkanes) is 1. The number of likely N-dealkylation sites (N-methyl/N-ethyl adjacent to an activating group) is 1. The van der Waals surface area contributed by atoms with Crippen molar-refractivity contribution in [3.63, 3.8) is 0 Å². The molecule has 2 rings (SSSR count). The van der Waals surface area contributed by atoms with Gasteiger partial charge in [-0.2, -0.15) is 16.8 Å². The highest BCUT2D eigenvalue weighted by molar-refractivity contribution is 7.86. The maximum atomic E-state index is 11.2. The van der Waals surface area contributed by atoms with Crippen LogP contribution in [-0.4, -0.2) is 73.9 Å². The second kappa shape index (κ2) is 14.7. The lowest BCUT2D eigenvalue weighted by Gasteiger charge is -2.29. The SMILES string of the molecule is CCC(/C=C1\Oc2ccc(Cl)cc2N1CCCS(=O)(=O)O)=C\C(CCCCS(=O)(=O)O)N(CC)CCCl. The summed E-state index contributed by atoms with van der Waals surface area (Å²) in [7, 11) is -8.09. The summed E-state index contributed by atoms with van der Waals surface area (Å²) in [6, 6.07) is 5.20. The molecule has 1 unspecified atom stereocenters. The van der Waals surface area contributed by atoms with Crippen LogP contribution in [0.5, 0.6) is 5.75 Å². The quantitative estimate of drug-likeness (QED) is 0.154.